The lowest BCUT2D eigenvalue weighted by Gasteiger charge is -2.04. The summed E-state index contributed by atoms with van der Waals surface area (Å²) in [5, 5.41) is 8.68. The molecule has 2 rings (SSSR count). The van der Waals surface area contributed by atoms with Crippen molar-refractivity contribution in [3.05, 3.63) is 53.6 Å². The maximum Gasteiger partial charge on any atom is 0.185 e. The molecule has 4 heteroatoms. The summed E-state index contributed by atoms with van der Waals surface area (Å²) in [6.45, 7) is 0.708. The van der Waals surface area contributed by atoms with E-state index in [1.54, 1.807) is 24.5 Å². The molecule has 0 aliphatic carbocycles. The molecule has 0 N–H and O–H groups in total. The number of hydrogen-bond donors (Lipinski definition) is 0. The molecule has 1 heterocycles. The highest BCUT2D eigenvalue weighted by Crippen LogP contribution is 2.06. The Morgan fingerprint density at radius 2 is 2.12 bits per heavy atom. The molecule has 0 radical (unpaired) electrons. The van der Waals surface area contributed by atoms with E-state index < -0.39 is 0 Å². The van der Waals surface area contributed by atoms with E-state index >= 15 is 0 Å². The monoisotopic (exact) mass is 225 g/mol. The summed E-state index contributed by atoms with van der Waals surface area (Å²) < 4.78 is 1.81. The highest BCUT2D eigenvalue weighted by atomic mass is 16.1. The van der Waals surface area contributed by atoms with Gasteiger partial charge in [0, 0.05) is 18.9 Å². The zero-order valence-corrected chi connectivity index (χ0v) is 9.21. The third kappa shape index (κ3) is 2.58. The van der Waals surface area contributed by atoms with Crippen molar-refractivity contribution in [1.82, 2.24) is 9.55 Å². The third-order valence-corrected chi connectivity index (χ3v) is 2.58. The molecule has 0 unspecified atom stereocenters. The highest BCUT2D eigenvalue weighted by Gasteiger charge is 2.01. The molecule has 1 aromatic carbocycles. The average Bonchev–Trinajstić information content (AvgIpc) is 2.84. The fraction of sp³-hybridized carbons (Fsp3) is 0.154. The number of carbonyl (C=O) groups is 1. The van der Waals surface area contributed by atoms with Crippen LogP contribution in [0.5, 0.6) is 0 Å². The van der Waals surface area contributed by atoms with Gasteiger partial charge in [-0.25, -0.2) is 4.98 Å². The van der Waals surface area contributed by atoms with E-state index in [9.17, 15) is 4.79 Å². The van der Waals surface area contributed by atoms with Gasteiger partial charge in [-0.3, -0.25) is 4.79 Å². The van der Waals surface area contributed by atoms with E-state index in [-0.39, 0.29) is 0 Å². The fourth-order valence-corrected chi connectivity index (χ4v) is 1.62. The molecule has 0 aliphatic rings. The molecule has 0 fully saturated rings. The number of hydrogen-bond acceptors (Lipinski definition) is 3. The zero-order valence-electron chi connectivity index (χ0n) is 9.21. The van der Waals surface area contributed by atoms with E-state index in [4.69, 9.17) is 5.26 Å². The minimum absolute atomic E-state index is 0.443. The van der Waals surface area contributed by atoms with E-state index in [0.29, 0.717) is 17.9 Å². The number of imidazole rings is 1. The Kier molecular flexibility index (Phi) is 3.31. The lowest BCUT2D eigenvalue weighted by atomic mass is 10.1. The van der Waals surface area contributed by atoms with Gasteiger partial charge in [0.05, 0.1) is 11.6 Å². The molecular formula is C13H11N3O. The van der Waals surface area contributed by atoms with Crippen LogP contribution >= 0.6 is 0 Å². The summed E-state index contributed by atoms with van der Waals surface area (Å²) in [6.07, 6.45) is 4.96. The first-order valence-corrected chi connectivity index (χ1v) is 5.29. The van der Waals surface area contributed by atoms with Gasteiger partial charge in [-0.2, -0.15) is 5.26 Å². The molecule has 0 spiro atoms. The number of nitrogens with zero attached hydrogens (tertiary/aromatic N) is 3. The van der Waals surface area contributed by atoms with Crippen molar-refractivity contribution >= 4 is 6.29 Å². The van der Waals surface area contributed by atoms with Crippen LogP contribution in [-0.4, -0.2) is 15.8 Å². The zero-order chi connectivity index (χ0) is 12.1. The van der Waals surface area contributed by atoms with Crippen LogP contribution in [0.1, 0.15) is 21.7 Å². The molecular weight excluding hydrogens is 214 g/mol. The van der Waals surface area contributed by atoms with Gasteiger partial charge in [0.15, 0.2) is 12.1 Å². The molecule has 0 aliphatic heterocycles. The fourth-order valence-electron chi connectivity index (χ4n) is 1.62. The van der Waals surface area contributed by atoms with Crippen LogP contribution in [0.2, 0.25) is 0 Å². The quantitative estimate of drug-likeness (QED) is 0.745. The summed E-state index contributed by atoms with van der Waals surface area (Å²) in [7, 11) is 0. The van der Waals surface area contributed by atoms with Crippen LogP contribution in [0.15, 0.2) is 36.7 Å². The topological polar surface area (TPSA) is 58.7 Å². The second kappa shape index (κ2) is 5.08. The van der Waals surface area contributed by atoms with Gasteiger partial charge in [-0.1, -0.05) is 12.1 Å². The summed E-state index contributed by atoms with van der Waals surface area (Å²) in [5.41, 5.74) is 1.79. The minimum Gasteiger partial charge on any atom is -0.328 e. The second-order valence-electron chi connectivity index (χ2n) is 3.66. The van der Waals surface area contributed by atoms with Crippen molar-refractivity contribution < 1.29 is 4.79 Å². The number of benzene rings is 1. The maximum atomic E-state index is 10.7. The number of rotatable bonds is 4. The van der Waals surface area contributed by atoms with Crippen molar-refractivity contribution in [2.45, 2.75) is 13.0 Å². The van der Waals surface area contributed by atoms with Crippen molar-refractivity contribution in [3.8, 4) is 6.07 Å². The third-order valence-electron chi connectivity index (χ3n) is 2.58. The molecule has 2 aromatic rings. The van der Waals surface area contributed by atoms with Gasteiger partial charge in [0.1, 0.15) is 0 Å². The normalized spacial score (nSPS) is 9.82. The van der Waals surface area contributed by atoms with Gasteiger partial charge >= 0.3 is 0 Å². The summed E-state index contributed by atoms with van der Waals surface area (Å²) in [4.78, 5) is 14.6. The summed E-state index contributed by atoms with van der Waals surface area (Å²) >= 11 is 0. The average molecular weight is 225 g/mol. The standard InChI is InChI=1S/C13H11N3O/c14-9-12-3-1-11(2-4-12)5-7-16-8-6-15-13(16)10-17/h1-4,6,8,10H,5,7H2. The first-order valence-electron chi connectivity index (χ1n) is 5.29. The van der Waals surface area contributed by atoms with Gasteiger partial charge in [-0.15, -0.1) is 0 Å². The number of aromatic nitrogens is 2. The lowest BCUT2D eigenvalue weighted by Crippen LogP contribution is -2.04. The number of carbonyl (C=O) groups excluding carboxylic acids is 1. The SMILES string of the molecule is N#Cc1ccc(CCn2ccnc2C=O)cc1. The molecule has 1 aromatic heterocycles. The Balaban J connectivity index is 2.02. The molecule has 0 saturated heterocycles. The summed E-state index contributed by atoms with van der Waals surface area (Å²) in [5.74, 6) is 0.443. The second-order valence-corrected chi connectivity index (χ2v) is 3.66. The van der Waals surface area contributed by atoms with Crippen LogP contribution in [0.25, 0.3) is 0 Å². The molecule has 0 atom stereocenters. The van der Waals surface area contributed by atoms with Gasteiger partial charge < -0.3 is 4.57 Å². The highest BCUT2D eigenvalue weighted by molar-refractivity contribution is 5.69. The number of aryl methyl sites for hydroxylation is 2. The van der Waals surface area contributed by atoms with E-state index in [2.05, 4.69) is 11.1 Å². The first-order chi connectivity index (χ1) is 8.33. The van der Waals surface area contributed by atoms with E-state index in [1.165, 1.54) is 0 Å². The largest absolute Gasteiger partial charge is 0.328 e. The molecule has 17 heavy (non-hydrogen) atoms. The molecule has 0 bridgehead atoms. The molecule has 84 valence electrons. The Hall–Kier alpha value is -2.41. The van der Waals surface area contributed by atoms with Crippen molar-refractivity contribution in [2.75, 3.05) is 0 Å². The Labute approximate surface area is 99.1 Å². The maximum absolute atomic E-state index is 10.7. The van der Waals surface area contributed by atoms with Crippen molar-refractivity contribution in [2.24, 2.45) is 0 Å². The predicted octanol–water partition coefficient (Wildman–Crippen LogP) is 1.81. The van der Waals surface area contributed by atoms with Crippen LogP contribution in [-0.2, 0) is 13.0 Å². The van der Waals surface area contributed by atoms with Gasteiger partial charge in [0.2, 0.25) is 0 Å². The van der Waals surface area contributed by atoms with Crippen LogP contribution in [0.4, 0.5) is 0 Å². The molecule has 0 amide bonds. The van der Waals surface area contributed by atoms with Gasteiger partial charge in [-0.05, 0) is 24.1 Å². The van der Waals surface area contributed by atoms with Crippen LogP contribution in [0, 0.1) is 11.3 Å². The van der Waals surface area contributed by atoms with E-state index in [1.807, 2.05) is 16.7 Å². The Morgan fingerprint density at radius 1 is 1.35 bits per heavy atom. The lowest BCUT2D eigenvalue weighted by molar-refractivity contribution is 0.111. The summed E-state index contributed by atoms with van der Waals surface area (Å²) in [6, 6.07) is 9.52. The minimum atomic E-state index is 0.443. The first kappa shape index (κ1) is 11.1. The van der Waals surface area contributed by atoms with Crippen molar-refractivity contribution in [1.29, 1.82) is 5.26 Å². The van der Waals surface area contributed by atoms with Gasteiger partial charge in [0.25, 0.3) is 0 Å². The van der Waals surface area contributed by atoms with Crippen molar-refractivity contribution in [3.63, 3.8) is 0 Å². The Morgan fingerprint density at radius 3 is 2.76 bits per heavy atom. The molecule has 0 saturated carbocycles. The molecule has 4 nitrogen and oxygen atoms in total. The predicted molar refractivity (Wildman–Crippen MR) is 62.5 cm³/mol. The Bertz CT molecular complexity index is 549. The number of nitriles is 1. The van der Waals surface area contributed by atoms with Crippen LogP contribution in [0.3, 0.4) is 0 Å². The van der Waals surface area contributed by atoms with Crippen LogP contribution < -0.4 is 0 Å². The number of aldehydes is 1. The smallest absolute Gasteiger partial charge is 0.185 e. The van der Waals surface area contributed by atoms with E-state index in [0.717, 1.165) is 18.3 Å².